The molecule has 0 N–H and O–H groups in total. The molecule has 84 valence electrons. The molecule has 0 amide bonds. The van der Waals surface area contributed by atoms with Crippen LogP contribution in [0.2, 0.25) is 0 Å². The van der Waals surface area contributed by atoms with Crippen molar-refractivity contribution in [3.8, 4) is 11.4 Å². The van der Waals surface area contributed by atoms with Gasteiger partial charge in [-0.15, -0.1) is 10.2 Å². The maximum absolute atomic E-state index is 12.1. The molecular weight excluding hydrogens is 259 g/mol. The summed E-state index contributed by atoms with van der Waals surface area (Å²) in [5.74, 6) is 0.195. The van der Waals surface area contributed by atoms with Crippen LogP contribution in [-0.4, -0.2) is 27.2 Å². The van der Waals surface area contributed by atoms with Crippen molar-refractivity contribution >= 4 is 6.98 Å². The van der Waals surface area contributed by atoms with Gasteiger partial charge in [-0.05, 0) is 5.21 Å². The van der Waals surface area contributed by atoms with E-state index in [0.29, 0.717) is 10.4 Å². The smallest absolute Gasteiger partial charge is 0.448 e. The van der Waals surface area contributed by atoms with Crippen LogP contribution in [0.15, 0.2) is 30.3 Å². The first kappa shape index (κ1) is 14.8. The first-order valence-corrected chi connectivity index (χ1v) is 4.59. The van der Waals surface area contributed by atoms with E-state index in [4.69, 9.17) is 0 Å². The minimum Gasteiger partial charge on any atom is -0.448 e. The largest absolute Gasteiger partial charge is 1.00 e. The van der Waals surface area contributed by atoms with E-state index >= 15 is 0 Å². The molecule has 0 spiro atoms. The summed E-state index contributed by atoms with van der Waals surface area (Å²) in [4.78, 5) is 0.558. The second-order valence-electron chi connectivity index (χ2n) is 3.24. The van der Waals surface area contributed by atoms with Crippen molar-refractivity contribution in [1.82, 2.24) is 20.2 Å². The first-order valence-electron chi connectivity index (χ1n) is 4.59. The molecule has 1 aromatic carbocycles. The standard InChI is InChI=1S/C8H7BF3N4.K/c10-9(11,12)6-16-14-8(13-15-16)7-4-2-1-3-5-7;/h1-5H,6H2;/q-1;+1. The van der Waals surface area contributed by atoms with Crippen molar-refractivity contribution in [2.75, 3.05) is 0 Å². The molecule has 9 heteroatoms. The summed E-state index contributed by atoms with van der Waals surface area (Å²) in [7, 11) is 0. The van der Waals surface area contributed by atoms with Gasteiger partial charge in [0, 0.05) is 12.0 Å². The van der Waals surface area contributed by atoms with Gasteiger partial charge in [-0.25, -0.2) is 0 Å². The molecule has 1 heterocycles. The number of rotatable bonds is 3. The molecular formula is C8H7BF3KN4. The van der Waals surface area contributed by atoms with Gasteiger partial charge in [0.2, 0.25) is 5.82 Å². The Morgan fingerprint density at radius 1 is 1.12 bits per heavy atom. The van der Waals surface area contributed by atoms with Crippen LogP contribution in [0, 0.1) is 0 Å². The van der Waals surface area contributed by atoms with Crippen molar-refractivity contribution < 1.29 is 64.3 Å². The molecule has 0 bridgehead atoms. The number of benzene rings is 1. The molecule has 0 saturated carbocycles. The molecule has 0 aliphatic rings. The van der Waals surface area contributed by atoms with Crippen molar-refractivity contribution in [2.45, 2.75) is 6.44 Å². The second-order valence-corrected chi connectivity index (χ2v) is 3.24. The van der Waals surface area contributed by atoms with Gasteiger partial charge in [0.1, 0.15) is 0 Å². The Hall–Kier alpha value is -0.219. The molecule has 2 aromatic rings. The summed E-state index contributed by atoms with van der Waals surface area (Å²) < 4.78 is 36.3. The number of halogens is 3. The van der Waals surface area contributed by atoms with Crippen LogP contribution < -0.4 is 51.4 Å². The Bertz CT molecular complexity index is 473. The molecule has 1 aromatic heterocycles. The van der Waals surface area contributed by atoms with E-state index in [1.165, 1.54) is 0 Å². The fraction of sp³-hybridized carbons (Fsp3) is 0.125. The van der Waals surface area contributed by atoms with Crippen LogP contribution in [0.5, 0.6) is 0 Å². The summed E-state index contributed by atoms with van der Waals surface area (Å²) in [6, 6.07) is 8.72. The van der Waals surface area contributed by atoms with Crippen LogP contribution >= 0.6 is 0 Å². The quantitative estimate of drug-likeness (QED) is 0.651. The van der Waals surface area contributed by atoms with Crippen LogP contribution in [0.1, 0.15) is 0 Å². The Kier molecular flexibility index (Phi) is 5.32. The average Bonchev–Trinajstić information content (AvgIpc) is 2.65. The SMILES string of the molecule is F[B-](F)(F)Cn1nnc(-c2ccccc2)n1.[K+]. The zero-order chi connectivity index (χ0) is 11.6. The first-order chi connectivity index (χ1) is 7.54. The molecule has 0 fully saturated rings. The molecule has 0 radical (unpaired) electrons. The van der Waals surface area contributed by atoms with Crippen LogP contribution in [0.4, 0.5) is 12.9 Å². The predicted octanol–water partition coefficient (Wildman–Crippen LogP) is -1.27. The molecule has 2 rings (SSSR count). The van der Waals surface area contributed by atoms with E-state index in [0.717, 1.165) is 0 Å². The maximum Gasteiger partial charge on any atom is 1.00 e. The molecule has 0 atom stereocenters. The van der Waals surface area contributed by atoms with Crippen LogP contribution in [-0.2, 0) is 6.44 Å². The average molecular weight is 266 g/mol. The topological polar surface area (TPSA) is 43.6 Å². The monoisotopic (exact) mass is 266 g/mol. The number of tetrazole rings is 1. The zero-order valence-corrected chi connectivity index (χ0v) is 12.2. The van der Waals surface area contributed by atoms with Crippen molar-refractivity contribution in [3.63, 3.8) is 0 Å². The molecule has 17 heavy (non-hydrogen) atoms. The van der Waals surface area contributed by atoms with E-state index in [9.17, 15) is 12.9 Å². The minimum atomic E-state index is -4.95. The minimum absolute atomic E-state index is 0. The summed E-state index contributed by atoms with van der Waals surface area (Å²) in [5.41, 5.74) is 0.642. The molecule has 4 nitrogen and oxygen atoms in total. The number of hydrogen-bond acceptors (Lipinski definition) is 3. The Labute approximate surface area is 138 Å². The van der Waals surface area contributed by atoms with Crippen LogP contribution in [0.3, 0.4) is 0 Å². The molecule has 0 saturated heterocycles. The van der Waals surface area contributed by atoms with Crippen molar-refractivity contribution in [1.29, 1.82) is 0 Å². The van der Waals surface area contributed by atoms with E-state index in [-0.39, 0.29) is 57.2 Å². The van der Waals surface area contributed by atoms with Gasteiger partial charge in [-0.1, -0.05) is 30.3 Å². The molecule has 0 aliphatic carbocycles. The number of hydrogen-bond donors (Lipinski definition) is 0. The van der Waals surface area contributed by atoms with Crippen LogP contribution in [0.25, 0.3) is 11.4 Å². The summed E-state index contributed by atoms with van der Waals surface area (Å²) in [5, 5.41) is 10.6. The predicted molar refractivity (Wildman–Crippen MR) is 52.3 cm³/mol. The normalized spacial score (nSPS) is 11.0. The second kappa shape index (κ2) is 6.10. The van der Waals surface area contributed by atoms with Crippen molar-refractivity contribution in [3.05, 3.63) is 30.3 Å². The Morgan fingerprint density at radius 3 is 2.35 bits per heavy atom. The summed E-state index contributed by atoms with van der Waals surface area (Å²) >= 11 is 0. The number of nitrogens with zero attached hydrogens (tertiary/aromatic N) is 4. The Balaban J connectivity index is 0.00000144. The summed E-state index contributed by atoms with van der Waals surface area (Å²) in [6.45, 7) is -4.95. The molecule has 0 unspecified atom stereocenters. The van der Waals surface area contributed by atoms with E-state index < -0.39 is 13.4 Å². The van der Waals surface area contributed by atoms with E-state index in [2.05, 4.69) is 15.4 Å². The van der Waals surface area contributed by atoms with Gasteiger partial charge in [-0.3, -0.25) is 0 Å². The van der Waals surface area contributed by atoms with Gasteiger partial charge in [-0.2, -0.15) is 4.80 Å². The number of aromatic nitrogens is 4. The third-order valence-electron chi connectivity index (χ3n) is 1.86. The summed E-state index contributed by atoms with van der Waals surface area (Å²) in [6.07, 6.45) is -1.17. The van der Waals surface area contributed by atoms with Gasteiger partial charge >= 0.3 is 58.4 Å². The fourth-order valence-electron chi connectivity index (χ4n) is 1.21. The van der Waals surface area contributed by atoms with Crippen molar-refractivity contribution in [2.24, 2.45) is 0 Å². The third kappa shape index (κ3) is 4.51. The zero-order valence-electron chi connectivity index (χ0n) is 9.09. The van der Waals surface area contributed by atoms with Gasteiger partial charge in [0.25, 0.3) is 0 Å². The fourth-order valence-corrected chi connectivity index (χ4v) is 1.21. The Morgan fingerprint density at radius 2 is 1.76 bits per heavy atom. The van der Waals surface area contributed by atoms with Gasteiger partial charge in [0.05, 0.1) is 0 Å². The van der Waals surface area contributed by atoms with Gasteiger partial charge < -0.3 is 12.9 Å². The molecule has 0 aliphatic heterocycles. The maximum atomic E-state index is 12.1. The van der Waals surface area contributed by atoms with Gasteiger partial charge in [0.15, 0.2) is 0 Å². The third-order valence-corrected chi connectivity index (χ3v) is 1.86. The van der Waals surface area contributed by atoms with E-state index in [1.807, 2.05) is 0 Å². The van der Waals surface area contributed by atoms with E-state index in [1.54, 1.807) is 30.3 Å².